The predicted molar refractivity (Wildman–Crippen MR) is 78.3 cm³/mol. The number of benzene rings is 1. The number of nitrogen functional groups attached to an aromatic ring is 1. The zero-order chi connectivity index (χ0) is 14.1. The molecule has 1 unspecified atom stereocenters. The van der Waals surface area contributed by atoms with Crippen molar-refractivity contribution in [3.8, 4) is 0 Å². The minimum atomic E-state index is -0.0534. The molecule has 0 saturated carbocycles. The molecule has 1 atom stereocenters. The second-order valence-electron chi connectivity index (χ2n) is 5.49. The van der Waals surface area contributed by atoms with Crippen molar-refractivity contribution in [1.29, 1.82) is 0 Å². The third kappa shape index (κ3) is 2.27. The van der Waals surface area contributed by atoms with Crippen LogP contribution in [0.3, 0.4) is 0 Å². The van der Waals surface area contributed by atoms with Crippen molar-refractivity contribution in [1.82, 2.24) is 9.55 Å². The lowest BCUT2D eigenvalue weighted by molar-refractivity contribution is 0.0510. The molecular weight excluding hydrogens is 254 g/mol. The van der Waals surface area contributed by atoms with Crippen molar-refractivity contribution in [2.75, 3.05) is 18.9 Å². The average Bonchev–Trinajstić information content (AvgIpc) is 2.84. The molecule has 0 aliphatic carbocycles. The minimum Gasteiger partial charge on any atom is -0.399 e. The highest BCUT2D eigenvalue weighted by Gasteiger charge is 2.25. The number of nitrogens with two attached hydrogens (primary N) is 1. The molecule has 1 fully saturated rings. The molecule has 2 aromatic rings. The number of aliphatic hydroxyl groups is 1. The highest BCUT2D eigenvalue weighted by Crippen LogP contribution is 2.32. The summed E-state index contributed by atoms with van der Waals surface area (Å²) in [7, 11) is 0. The van der Waals surface area contributed by atoms with E-state index in [1.54, 1.807) is 0 Å². The molecule has 3 N–H and O–H groups in total. The number of aliphatic hydroxyl groups excluding tert-OH is 1. The number of rotatable bonds is 3. The Morgan fingerprint density at radius 1 is 1.45 bits per heavy atom. The topological polar surface area (TPSA) is 73.3 Å². The molecule has 1 aliphatic heterocycles. The van der Waals surface area contributed by atoms with Crippen LogP contribution in [0.25, 0.3) is 11.0 Å². The smallest absolute Gasteiger partial charge is 0.135 e. The molecule has 0 bridgehead atoms. The van der Waals surface area contributed by atoms with Gasteiger partial charge in [0.05, 0.1) is 11.0 Å². The van der Waals surface area contributed by atoms with Crippen molar-refractivity contribution in [3.63, 3.8) is 0 Å². The van der Waals surface area contributed by atoms with Crippen LogP contribution in [0.4, 0.5) is 5.69 Å². The van der Waals surface area contributed by atoms with Crippen LogP contribution in [0.5, 0.6) is 0 Å². The Morgan fingerprint density at radius 3 is 2.90 bits per heavy atom. The summed E-state index contributed by atoms with van der Waals surface area (Å²) >= 11 is 0. The van der Waals surface area contributed by atoms with Crippen molar-refractivity contribution in [2.45, 2.75) is 32.4 Å². The van der Waals surface area contributed by atoms with E-state index in [4.69, 9.17) is 10.5 Å². The van der Waals surface area contributed by atoms with Gasteiger partial charge in [0.1, 0.15) is 12.4 Å². The molecule has 0 amide bonds. The first-order valence-corrected chi connectivity index (χ1v) is 7.15. The summed E-state index contributed by atoms with van der Waals surface area (Å²) in [6.07, 6.45) is 2.11. The van der Waals surface area contributed by atoms with Gasteiger partial charge in [-0.2, -0.15) is 0 Å². The molecule has 1 aliphatic rings. The molecular formula is C15H21N3O2. The number of anilines is 1. The molecule has 5 heteroatoms. The largest absolute Gasteiger partial charge is 0.399 e. The van der Waals surface area contributed by atoms with E-state index in [1.807, 2.05) is 18.2 Å². The Balaban J connectivity index is 2.04. The molecule has 5 nitrogen and oxygen atoms in total. The number of imidazole rings is 1. The van der Waals surface area contributed by atoms with Crippen LogP contribution < -0.4 is 5.73 Å². The number of aromatic nitrogens is 2. The van der Waals surface area contributed by atoms with Gasteiger partial charge in [-0.3, -0.25) is 0 Å². The zero-order valence-corrected chi connectivity index (χ0v) is 11.7. The quantitative estimate of drug-likeness (QED) is 0.841. The standard InChI is InChI=1S/C15H21N3O2/c1-10(11-4-6-20-7-5-11)18-14-3-2-12(16)8-13(14)17-15(18)9-19/h2-3,8,10-11,19H,4-7,9,16H2,1H3. The highest BCUT2D eigenvalue weighted by atomic mass is 16.5. The van der Waals surface area contributed by atoms with Gasteiger partial charge < -0.3 is 20.1 Å². The maximum Gasteiger partial charge on any atom is 0.135 e. The summed E-state index contributed by atoms with van der Waals surface area (Å²) < 4.78 is 7.59. The van der Waals surface area contributed by atoms with Crippen LogP contribution in [0, 0.1) is 5.92 Å². The van der Waals surface area contributed by atoms with Gasteiger partial charge in [-0.1, -0.05) is 0 Å². The fraction of sp³-hybridized carbons (Fsp3) is 0.533. The highest BCUT2D eigenvalue weighted by molar-refractivity contribution is 5.79. The van der Waals surface area contributed by atoms with Gasteiger partial charge in [-0.25, -0.2) is 4.98 Å². The second-order valence-corrected chi connectivity index (χ2v) is 5.49. The third-order valence-electron chi connectivity index (χ3n) is 4.28. The van der Waals surface area contributed by atoms with Crippen LogP contribution in [0.1, 0.15) is 31.6 Å². The van der Waals surface area contributed by atoms with E-state index in [-0.39, 0.29) is 6.61 Å². The summed E-state index contributed by atoms with van der Waals surface area (Å²) in [6.45, 7) is 3.79. The normalized spacial score (nSPS) is 18.5. The third-order valence-corrected chi connectivity index (χ3v) is 4.28. The second kappa shape index (κ2) is 5.42. The lowest BCUT2D eigenvalue weighted by Crippen LogP contribution is -2.25. The molecule has 0 spiro atoms. The zero-order valence-electron chi connectivity index (χ0n) is 11.7. The first-order chi connectivity index (χ1) is 9.70. The van der Waals surface area contributed by atoms with E-state index in [0.29, 0.717) is 23.5 Å². The maximum absolute atomic E-state index is 9.60. The average molecular weight is 275 g/mol. The number of hydrogen-bond donors (Lipinski definition) is 2. The Morgan fingerprint density at radius 2 is 2.20 bits per heavy atom. The van der Waals surface area contributed by atoms with E-state index in [9.17, 15) is 5.11 Å². The van der Waals surface area contributed by atoms with Crippen LogP contribution >= 0.6 is 0 Å². The molecule has 1 aromatic carbocycles. The first-order valence-electron chi connectivity index (χ1n) is 7.15. The van der Waals surface area contributed by atoms with Gasteiger partial charge >= 0.3 is 0 Å². The van der Waals surface area contributed by atoms with Gasteiger partial charge in [0.2, 0.25) is 0 Å². The first kappa shape index (κ1) is 13.4. The van der Waals surface area contributed by atoms with Gasteiger partial charge in [0.15, 0.2) is 0 Å². The van der Waals surface area contributed by atoms with Crippen LogP contribution in [-0.2, 0) is 11.3 Å². The number of ether oxygens (including phenoxy) is 1. The lowest BCUT2D eigenvalue weighted by atomic mass is 9.92. The number of hydrogen-bond acceptors (Lipinski definition) is 4. The summed E-state index contributed by atoms with van der Waals surface area (Å²) in [5.41, 5.74) is 8.41. The molecule has 3 rings (SSSR count). The van der Waals surface area contributed by atoms with Crippen molar-refractivity contribution >= 4 is 16.7 Å². The molecule has 0 radical (unpaired) electrons. The summed E-state index contributed by atoms with van der Waals surface area (Å²) in [4.78, 5) is 4.51. The minimum absolute atomic E-state index is 0.0534. The Labute approximate surface area is 118 Å². The molecule has 1 saturated heterocycles. The maximum atomic E-state index is 9.60. The molecule has 108 valence electrons. The van der Waals surface area contributed by atoms with Crippen molar-refractivity contribution in [3.05, 3.63) is 24.0 Å². The molecule has 20 heavy (non-hydrogen) atoms. The van der Waals surface area contributed by atoms with Gasteiger partial charge in [0, 0.05) is 24.9 Å². The van der Waals surface area contributed by atoms with E-state index >= 15 is 0 Å². The van der Waals surface area contributed by atoms with Crippen molar-refractivity contribution < 1.29 is 9.84 Å². The van der Waals surface area contributed by atoms with Gasteiger partial charge in [-0.15, -0.1) is 0 Å². The van der Waals surface area contributed by atoms with Gasteiger partial charge in [0.25, 0.3) is 0 Å². The fourth-order valence-corrected chi connectivity index (χ4v) is 3.14. The van der Waals surface area contributed by atoms with E-state index in [2.05, 4.69) is 16.5 Å². The monoisotopic (exact) mass is 275 g/mol. The summed E-state index contributed by atoms with van der Waals surface area (Å²) in [5, 5.41) is 9.60. The van der Waals surface area contributed by atoms with Crippen LogP contribution in [0.15, 0.2) is 18.2 Å². The number of fused-ring (bicyclic) bond motifs is 1. The molecule has 2 heterocycles. The lowest BCUT2D eigenvalue weighted by Gasteiger charge is -2.30. The Hall–Kier alpha value is -1.59. The van der Waals surface area contributed by atoms with Gasteiger partial charge in [-0.05, 0) is 43.9 Å². The summed E-state index contributed by atoms with van der Waals surface area (Å²) in [5.74, 6) is 1.27. The Bertz CT molecular complexity index is 602. The van der Waals surface area contributed by atoms with E-state index in [0.717, 1.165) is 37.1 Å². The number of nitrogens with zero attached hydrogens (tertiary/aromatic N) is 2. The van der Waals surface area contributed by atoms with Crippen LogP contribution in [-0.4, -0.2) is 27.9 Å². The Kier molecular flexibility index (Phi) is 3.63. The van der Waals surface area contributed by atoms with Crippen LogP contribution in [0.2, 0.25) is 0 Å². The van der Waals surface area contributed by atoms with Crippen molar-refractivity contribution in [2.24, 2.45) is 5.92 Å². The van der Waals surface area contributed by atoms with E-state index < -0.39 is 0 Å². The fourth-order valence-electron chi connectivity index (χ4n) is 3.14. The predicted octanol–water partition coefficient (Wildman–Crippen LogP) is 2.10. The van der Waals surface area contributed by atoms with E-state index in [1.165, 1.54) is 0 Å². The summed E-state index contributed by atoms with van der Waals surface area (Å²) in [6, 6.07) is 6.04. The molecule has 1 aromatic heterocycles. The SMILES string of the molecule is CC(C1CCOCC1)n1c(CO)nc2cc(N)ccc21.